The lowest BCUT2D eigenvalue weighted by molar-refractivity contribution is -0.145. The van der Waals surface area contributed by atoms with E-state index < -0.39 is 0 Å². The maximum absolute atomic E-state index is 11.2. The molecule has 2 rings (SSSR count). The molecule has 0 aromatic carbocycles. The molecule has 0 spiro atoms. The van der Waals surface area contributed by atoms with E-state index in [-0.39, 0.29) is 11.9 Å². The van der Waals surface area contributed by atoms with Gasteiger partial charge in [-0.3, -0.25) is 4.79 Å². The molecule has 1 heterocycles. The molecule has 0 saturated carbocycles. The molecule has 0 unspecified atom stereocenters. The molecule has 1 aliphatic carbocycles. The molecule has 4 heteroatoms. The molecule has 70 valence electrons. The van der Waals surface area contributed by atoms with Crippen molar-refractivity contribution in [1.82, 2.24) is 5.16 Å². The largest absolute Gasteiger partial charge is 0.469 e. The number of methoxy groups -OCH3 is 1. The second-order valence-corrected chi connectivity index (χ2v) is 3.24. The van der Waals surface area contributed by atoms with Crippen LogP contribution in [0.2, 0.25) is 0 Å². The molecule has 4 nitrogen and oxygen atoms in total. The molecule has 1 atom stereocenters. The van der Waals surface area contributed by atoms with Crippen molar-refractivity contribution in [3.05, 3.63) is 17.5 Å². The highest BCUT2D eigenvalue weighted by Gasteiger charge is 2.27. The zero-order valence-electron chi connectivity index (χ0n) is 7.45. The molecule has 0 aliphatic heterocycles. The molecule has 1 aromatic rings. The second kappa shape index (κ2) is 3.20. The topological polar surface area (TPSA) is 52.3 Å². The van der Waals surface area contributed by atoms with Crippen LogP contribution in [0.3, 0.4) is 0 Å². The van der Waals surface area contributed by atoms with Gasteiger partial charge in [0.15, 0.2) is 0 Å². The maximum Gasteiger partial charge on any atom is 0.309 e. The van der Waals surface area contributed by atoms with Gasteiger partial charge in [0.05, 0.1) is 19.2 Å². The van der Waals surface area contributed by atoms with Crippen molar-refractivity contribution in [2.75, 3.05) is 7.11 Å². The third-order valence-corrected chi connectivity index (χ3v) is 2.46. The van der Waals surface area contributed by atoms with Gasteiger partial charge in [-0.05, 0) is 12.8 Å². The number of ether oxygens (including phenoxy) is 1. The fourth-order valence-electron chi connectivity index (χ4n) is 1.68. The van der Waals surface area contributed by atoms with Gasteiger partial charge in [0.1, 0.15) is 5.76 Å². The third kappa shape index (κ3) is 1.43. The normalized spacial score (nSPS) is 20.8. The van der Waals surface area contributed by atoms with E-state index in [4.69, 9.17) is 4.52 Å². The van der Waals surface area contributed by atoms with Crippen molar-refractivity contribution in [3.8, 4) is 0 Å². The molecular formula is C9H11NO3. The van der Waals surface area contributed by atoms with Crippen LogP contribution >= 0.6 is 0 Å². The highest BCUT2D eigenvalue weighted by Crippen LogP contribution is 2.25. The first-order valence-corrected chi connectivity index (χ1v) is 4.31. The average Bonchev–Trinajstić information content (AvgIpc) is 2.63. The summed E-state index contributed by atoms with van der Waals surface area (Å²) in [5.74, 6) is 0.633. The minimum atomic E-state index is -0.151. The van der Waals surface area contributed by atoms with Gasteiger partial charge in [-0.2, -0.15) is 0 Å². The number of nitrogens with zero attached hydrogens (tertiary/aromatic N) is 1. The van der Waals surface area contributed by atoms with E-state index in [0.717, 1.165) is 24.2 Å². The maximum atomic E-state index is 11.2. The van der Waals surface area contributed by atoms with Crippen LogP contribution in [0.15, 0.2) is 10.7 Å². The number of fused-ring (bicyclic) bond motifs is 1. The van der Waals surface area contributed by atoms with Gasteiger partial charge < -0.3 is 9.26 Å². The van der Waals surface area contributed by atoms with E-state index in [2.05, 4.69) is 9.89 Å². The molecule has 1 aromatic heterocycles. The predicted molar refractivity (Wildman–Crippen MR) is 44.0 cm³/mol. The Labute approximate surface area is 75.9 Å². The lowest BCUT2D eigenvalue weighted by Gasteiger charge is -2.17. The molecular weight excluding hydrogens is 170 g/mol. The van der Waals surface area contributed by atoms with Crippen molar-refractivity contribution in [3.63, 3.8) is 0 Å². The summed E-state index contributed by atoms with van der Waals surface area (Å²) in [5, 5.41) is 3.70. The molecule has 13 heavy (non-hydrogen) atoms. The number of hydrogen-bond acceptors (Lipinski definition) is 4. The highest BCUT2D eigenvalue weighted by atomic mass is 16.5. The van der Waals surface area contributed by atoms with E-state index in [9.17, 15) is 4.79 Å². The van der Waals surface area contributed by atoms with E-state index in [1.165, 1.54) is 7.11 Å². The molecule has 1 aliphatic rings. The average molecular weight is 181 g/mol. The Bertz CT molecular complexity index is 318. The first-order valence-electron chi connectivity index (χ1n) is 4.31. The predicted octanol–water partition coefficient (Wildman–Crippen LogP) is 0.952. The molecule has 0 amide bonds. The van der Waals surface area contributed by atoms with Gasteiger partial charge in [0.25, 0.3) is 0 Å². The van der Waals surface area contributed by atoms with Gasteiger partial charge in [0.2, 0.25) is 0 Å². The van der Waals surface area contributed by atoms with Crippen molar-refractivity contribution >= 4 is 5.97 Å². The highest BCUT2D eigenvalue weighted by molar-refractivity contribution is 5.72. The van der Waals surface area contributed by atoms with Crippen LogP contribution in [-0.4, -0.2) is 18.2 Å². The Morgan fingerprint density at radius 2 is 2.62 bits per heavy atom. The number of rotatable bonds is 1. The van der Waals surface area contributed by atoms with Crippen LogP contribution in [0.25, 0.3) is 0 Å². The number of esters is 1. The van der Waals surface area contributed by atoms with Crippen molar-refractivity contribution in [2.45, 2.75) is 19.3 Å². The lowest BCUT2D eigenvalue weighted by atomic mass is 9.89. The van der Waals surface area contributed by atoms with Crippen molar-refractivity contribution < 1.29 is 14.1 Å². The Balaban J connectivity index is 2.13. The summed E-state index contributed by atoms with van der Waals surface area (Å²) in [6.07, 6.45) is 4.05. The monoisotopic (exact) mass is 181 g/mol. The minimum absolute atomic E-state index is 0.0505. The summed E-state index contributed by atoms with van der Waals surface area (Å²) in [6, 6.07) is 0. The zero-order valence-corrected chi connectivity index (χ0v) is 7.45. The van der Waals surface area contributed by atoms with Gasteiger partial charge in [-0.1, -0.05) is 5.16 Å². The Hall–Kier alpha value is -1.32. The van der Waals surface area contributed by atoms with Gasteiger partial charge >= 0.3 is 5.97 Å². The minimum Gasteiger partial charge on any atom is -0.469 e. The molecule has 0 radical (unpaired) electrons. The zero-order chi connectivity index (χ0) is 9.26. The van der Waals surface area contributed by atoms with Crippen molar-refractivity contribution in [2.24, 2.45) is 5.92 Å². The molecule has 0 bridgehead atoms. The summed E-state index contributed by atoms with van der Waals surface area (Å²) in [5.41, 5.74) is 1.13. The fraction of sp³-hybridized carbons (Fsp3) is 0.556. The number of hydrogen-bond donors (Lipinski definition) is 0. The number of aromatic nitrogens is 1. The first kappa shape index (κ1) is 8.29. The van der Waals surface area contributed by atoms with Crippen LogP contribution in [0, 0.1) is 5.92 Å². The number of carbonyl (C=O) groups is 1. The standard InChI is InChI=1S/C9H11NO3/c1-12-9(11)6-2-3-7-5-10-13-8(7)4-6/h5-6H,2-4H2,1H3/t6-/m1/s1. The first-order chi connectivity index (χ1) is 6.31. The van der Waals surface area contributed by atoms with Crippen LogP contribution in [0.1, 0.15) is 17.7 Å². The van der Waals surface area contributed by atoms with E-state index in [1.807, 2.05) is 0 Å². The fourth-order valence-corrected chi connectivity index (χ4v) is 1.68. The van der Waals surface area contributed by atoms with E-state index in [1.54, 1.807) is 6.20 Å². The summed E-state index contributed by atoms with van der Waals surface area (Å²) >= 11 is 0. The summed E-state index contributed by atoms with van der Waals surface area (Å²) in [4.78, 5) is 11.2. The lowest BCUT2D eigenvalue weighted by Crippen LogP contribution is -2.22. The quantitative estimate of drug-likeness (QED) is 0.605. The SMILES string of the molecule is COC(=O)[C@@H]1CCc2cnoc2C1. The Kier molecular flexibility index (Phi) is 2.04. The van der Waals surface area contributed by atoms with Crippen LogP contribution in [0.5, 0.6) is 0 Å². The van der Waals surface area contributed by atoms with E-state index in [0.29, 0.717) is 6.42 Å². The number of carbonyl (C=O) groups excluding carboxylic acids is 1. The van der Waals surface area contributed by atoms with E-state index >= 15 is 0 Å². The summed E-state index contributed by atoms with van der Waals surface area (Å²) in [7, 11) is 1.41. The summed E-state index contributed by atoms with van der Waals surface area (Å²) in [6.45, 7) is 0. The Morgan fingerprint density at radius 1 is 1.77 bits per heavy atom. The van der Waals surface area contributed by atoms with Crippen molar-refractivity contribution in [1.29, 1.82) is 0 Å². The smallest absolute Gasteiger partial charge is 0.309 e. The van der Waals surface area contributed by atoms with Crippen LogP contribution < -0.4 is 0 Å². The van der Waals surface area contributed by atoms with Gasteiger partial charge in [-0.15, -0.1) is 0 Å². The number of aryl methyl sites for hydroxylation is 1. The third-order valence-electron chi connectivity index (χ3n) is 2.46. The second-order valence-electron chi connectivity index (χ2n) is 3.24. The van der Waals surface area contributed by atoms with Gasteiger partial charge in [0, 0.05) is 12.0 Å². The summed E-state index contributed by atoms with van der Waals surface area (Å²) < 4.78 is 9.70. The molecule has 0 N–H and O–H groups in total. The molecule has 0 fully saturated rings. The Morgan fingerprint density at radius 3 is 3.38 bits per heavy atom. The van der Waals surface area contributed by atoms with Gasteiger partial charge in [-0.25, -0.2) is 0 Å². The van der Waals surface area contributed by atoms with Crippen LogP contribution in [0.4, 0.5) is 0 Å². The molecule has 0 saturated heterocycles. The van der Waals surface area contributed by atoms with Crippen LogP contribution in [-0.2, 0) is 22.4 Å².